The van der Waals surface area contributed by atoms with Gasteiger partial charge in [0.15, 0.2) is 11.6 Å². The van der Waals surface area contributed by atoms with Crippen molar-refractivity contribution in [2.24, 2.45) is 0 Å². The molecule has 2 aromatic rings. The van der Waals surface area contributed by atoms with E-state index in [1.807, 2.05) is 4.68 Å². The van der Waals surface area contributed by atoms with Crippen LogP contribution in [0, 0.1) is 0 Å². The van der Waals surface area contributed by atoms with Gasteiger partial charge in [-0.05, 0) is 40.2 Å². The van der Waals surface area contributed by atoms with Crippen molar-refractivity contribution in [1.82, 2.24) is 34.8 Å². The van der Waals surface area contributed by atoms with E-state index >= 15 is 0 Å². The summed E-state index contributed by atoms with van der Waals surface area (Å²) in [4.78, 5) is 11.5. The number of aromatic amines is 1. The van der Waals surface area contributed by atoms with Crippen molar-refractivity contribution in [3.63, 3.8) is 0 Å². The molecular formula is C16H27N7O. The third kappa shape index (κ3) is 3.64. The van der Waals surface area contributed by atoms with Crippen LogP contribution in [-0.4, -0.2) is 48.5 Å². The van der Waals surface area contributed by atoms with Crippen LogP contribution in [0.3, 0.4) is 0 Å². The smallest absolute Gasteiger partial charge is 0.167 e. The fourth-order valence-electron chi connectivity index (χ4n) is 3.25. The molecule has 0 bridgehead atoms. The first-order valence-electron chi connectivity index (χ1n) is 8.52. The van der Waals surface area contributed by atoms with E-state index in [0.29, 0.717) is 6.61 Å². The molecule has 3 rings (SSSR count). The van der Waals surface area contributed by atoms with Crippen molar-refractivity contribution >= 4 is 0 Å². The maximum atomic E-state index is 5.12. The molecular weight excluding hydrogens is 306 g/mol. The fraction of sp³-hybridized carbons (Fsp3) is 0.750. The lowest BCUT2D eigenvalue weighted by Gasteiger charge is -2.34. The van der Waals surface area contributed by atoms with Crippen molar-refractivity contribution in [2.45, 2.75) is 64.8 Å². The zero-order valence-electron chi connectivity index (χ0n) is 15.0. The van der Waals surface area contributed by atoms with Gasteiger partial charge in [0, 0.05) is 7.11 Å². The normalized spacial score (nSPS) is 19.8. The molecule has 0 saturated carbocycles. The molecule has 1 fully saturated rings. The lowest BCUT2D eigenvalue weighted by molar-refractivity contribution is 0.125. The van der Waals surface area contributed by atoms with Gasteiger partial charge < -0.3 is 4.74 Å². The second kappa shape index (κ2) is 6.98. The van der Waals surface area contributed by atoms with Crippen LogP contribution in [0.15, 0.2) is 6.33 Å². The zero-order chi connectivity index (χ0) is 17.2. The maximum Gasteiger partial charge on any atom is 0.167 e. The molecule has 0 aromatic carbocycles. The Hall–Kier alpha value is -1.80. The fourth-order valence-corrected chi connectivity index (χ4v) is 3.25. The summed E-state index contributed by atoms with van der Waals surface area (Å²) in [5.74, 6) is 2.61. The number of likely N-dealkylation sites (tertiary alicyclic amines) is 1. The molecule has 3 heterocycles. The molecule has 2 aromatic heterocycles. The van der Waals surface area contributed by atoms with Gasteiger partial charge in [-0.15, -0.1) is 0 Å². The largest absolute Gasteiger partial charge is 0.377 e. The summed E-state index contributed by atoms with van der Waals surface area (Å²) in [6.45, 7) is 8.67. The second-order valence-corrected chi connectivity index (χ2v) is 7.31. The number of hydrogen-bond donors (Lipinski definition) is 1. The van der Waals surface area contributed by atoms with E-state index in [-0.39, 0.29) is 11.6 Å². The van der Waals surface area contributed by atoms with Crippen LogP contribution in [0.1, 0.15) is 63.5 Å². The highest BCUT2D eigenvalue weighted by molar-refractivity contribution is 5.00. The SMILES string of the molecule is COCc1nc(C2CCCCN2Cc2ncnn2C(C)(C)C)n[nH]1. The Balaban J connectivity index is 1.79. The summed E-state index contributed by atoms with van der Waals surface area (Å²) >= 11 is 0. The lowest BCUT2D eigenvalue weighted by Crippen LogP contribution is -2.36. The van der Waals surface area contributed by atoms with Crippen LogP contribution >= 0.6 is 0 Å². The van der Waals surface area contributed by atoms with E-state index in [1.54, 1.807) is 13.4 Å². The van der Waals surface area contributed by atoms with Gasteiger partial charge in [0.25, 0.3) is 0 Å². The monoisotopic (exact) mass is 333 g/mol. The van der Waals surface area contributed by atoms with Crippen molar-refractivity contribution in [3.8, 4) is 0 Å². The number of ether oxygens (including phenoxy) is 1. The van der Waals surface area contributed by atoms with Crippen LogP contribution < -0.4 is 0 Å². The summed E-state index contributed by atoms with van der Waals surface area (Å²) in [6.07, 6.45) is 5.09. The molecule has 24 heavy (non-hydrogen) atoms. The molecule has 132 valence electrons. The number of aromatic nitrogens is 6. The van der Waals surface area contributed by atoms with Gasteiger partial charge >= 0.3 is 0 Å². The number of nitrogens with zero attached hydrogens (tertiary/aromatic N) is 6. The Morgan fingerprint density at radius 2 is 2.17 bits per heavy atom. The molecule has 8 nitrogen and oxygen atoms in total. The van der Waals surface area contributed by atoms with Crippen molar-refractivity contribution in [1.29, 1.82) is 0 Å². The van der Waals surface area contributed by atoms with E-state index in [0.717, 1.165) is 37.0 Å². The summed E-state index contributed by atoms with van der Waals surface area (Å²) in [5.41, 5.74) is -0.0761. The van der Waals surface area contributed by atoms with Crippen LogP contribution in [0.25, 0.3) is 0 Å². The van der Waals surface area contributed by atoms with Crippen LogP contribution in [0.2, 0.25) is 0 Å². The summed E-state index contributed by atoms with van der Waals surface area (Å²) in [5, 5.41) is 11.8. The minimum atomic E-state index is -0.0761. The third-order valence-corrected chi connectivity index (χ3v) is 4.34. The number of piperidine rings is 1. The van der Waals surface area contributed by atoms with Gasteiger partial charge in [0.2, 0.25) is 0 Å². The highest BCUT2D eigenvalue weighted by Crippen LogP contribution is 2.30. The topological polar surface area (TPSA) is 84.8 Å². The Morgan fingerprint density at radius 3 is 2.92 bits per heavy atom. The molecule has 1 N–H and O–H groups in total. The Kier molecular flexibility index (Phi) is 4.96. The van der Waals surface area contributed by atoms with Gasteiger partial charge in [-0.3, -0.25) is 10.00 Å². The first kappa shape index (κ1) is 17.0. The van der Waals surface area contributed by atoms with Crippen LogP contribution in [0.4, 0.5) is 0 Å². The first-order chi connectivity index (χ1) is 11.5. The highest BCUT2D eigenvalue weighted by atomic mass is 16.5. The predicted molar refractivity (Wildman–Crippen MR) is 89.1 cm³/mol. The molecule has 0 aliphatic carbocycles. The van der Waals surface area contributed by atoms with E-state index in [9.17, 15) is 0 Å². The van der Waals surface area contributed by atoms with E-state index in [2.05, 4.69) is 50.9 Å². The molecule has 8 heteroatoms. The van der Waals surface area contributed by atoms with Crippen molar-refractivity contribution in [3.05, 3.63) is 23.8 Å². The van der Waals surface area contributed by atoms with Gasteiger partial charge in [-0.25, -0.2) is 14.6 Å². The summed E-state index contributed by atoms with van der Waals surface area (Å²) in [7, 11) is 1.66. The van der Waals surface area contributed by atoms with E-state index < -0.39 is 0 Å². The van der Waals surface area contributed by atoms with Gasteiger partial charge in [-0.1, -0.05) is 6.42 Å². The maximum absolute atomic E-state index is 5.12. The molecule has 0 radical (unpaired) electrons. The molecule has 1 unspecified atom stereocenters. The minimum Gasteiger partial charge on any atom is -0.377 e. The second-order valence-electron chi connectivity index (χ2n) is 7.31. The molecule has 1 aliphatic rings. The summed E-state index contributed by atoms with van der Waals surface area (Å²) in [6, 6.07) is 0.214. The predicted octanol–water partition coefficient (Wildman–Crippen LogP) is 2.02. The van der Waals surface area contributed by atoms with Gasteiger partial charge in [0.05, 0.1) is 18.1 Å². The molecule has 1 aliphatic heterocycles. The van der Waals surface area contributed by atoms with Gasteiger partial charge in [0.1, 0.15) is 18.8 Å². The number of H-pyrrole nitrogens is 1. The number of hydrogen-bond acceptors (Lipinski definition) is 6. The van der Waals surface area contributed by atoms with Crippen molar-refractivity contribution < 1.29 is 4.74 Å². The van der Waals surface area contributed by atoms with E-state index in [4.69, 9.17) is 4.74 Å². The number of rotatable bonds is 5. The first-order valence-corrected chi connectivity index (χ1v) is 8.52. The molecule has 0 amide bonds. The summed E-state index contributed by atoms with van der Waals surface area (Å²) < 4.78 is 7.13. The highest BCUT2D eigenvalue weighted by Gasteiger charge is 2.29. The molecule has 1 atom stereocenters. The lowest BCUT2D eigenvalue weighted by atomic mass is 10.0. The van der Waals surface area contributed by atoms with Crippen LogP contribution in [0.5, 0.6) is 0 Å². The Morgan fingerprint density at radius 1 is 1.33 bits per heavy atom. The Labute approximate surface area is 142 Å². The average Bonchev–Trinajstić information content (AvgIpc) is 3.17. The van der Waals surface area contributed by atoms with Gasteiger partial charge in [-0.2, -0.15) is 10.2 Å². The zero-order valence-corrected chi connectivity index (χ0v) is 15.0. The Bertz CT molecular complexity index is 657. The number of methoxy groups -OCH3 is 1. The molecule has 1 saturated heterocycles. The minimum absolute atomic E-state index is 0.0761. The van der Waals surface area contributed by atoms with Crippen molar-refractivity contribution in [2.75, 3.05) is 13.7 Å². The molecule has 0 spiro atoms. The van der Waals surface area contributed by atoms with E-state index in [1.165, 1.54) is 12.8 Å². The third-order valence-electron chi connectivity index (χ3n) is 4.34. The van der Waals surface area contributed by atoms with Crippen LogP contribution in [-0.2, 0) is 23.4 Å². The number of nitrogens with one attached hydrogen (secondary N) is 1. The quantitative estimate of drug-likeness (QED) is 0.901. The standard InChI is InChI=1S/C16H27N7O/c1-16(2,3)23-14(17-11-18-23)9-22-8-6-5-7-12(22)15-19-13(10-24-4)20-21-15/h11-12H,5-10H2,1-4H3,(H,19,20,21). The average molecular weight is 333 g/mol.